The largest absolute Gasteiger partial charge is 0.0616 e. The second-order valence-corrected chi connectivity index (χ2v) is 7.35. The average molecular weight is 354 g/mol. The Balaban J connectivity index is 1.88. The van der Waals surface area contributed by atoms with E-state index in [2.05, 4.69) is 109 Å². The van der Waals surface area contributed by atoms with Crippen molar-refractivity contribution in [2.45, 2.75) is 0 Å². The Morgan fingerprint density at radius 2 is 0.714 bits per heavy atom. The van der Waals surface area contributed by atoms with Crippen LogP contribution in [0.5, 0.6) is 0 Å². The van der Waals surface area contributed by atoms with E-state index in [-0.39, 0.29) is 0 Å². The van der Waals surface area contributed by atoms with Crippen molar-refractivity contribution in [3.05, 3.63) is 109 Å². The van der Waals surface area contributed by atoms with E-state index in [1.165, 1.54) is 55.3 Å². The van der Waals surface area contributed by atoms with E-state index in [9.17, 15) is 0 Å². The van der Waals surface area contributed by atoms with Crippen LogP contribution in [0.15, 0.2) is 109 Å². The van der Waals surface area contributed by atoms with Crippen molar-refractivity contribution in [3.8, 4) is 44.5 Å². The van der Waals surface area contributed by atoms with Gasteiger partial charge in [-0.15, -0.1) is 0 Å². The van der Waals surface area contributed by atoms with Gasteiger partial charge in [0.1, 0.15) is 0 Å². The molecule has 0 unspecified atom stereocenters. The van der Waals surface area contributed by atoms with Crippen LogP contribution >= 0.6 is 0 Å². The Morgan fingerprint density at radius 3 is 1.32 bits per heavy atom. The van der Waals surface area contributed by atoms with E-state index in [1.54, 1.807) is 0 Å². The first-order valence-corrected chi connectivity index (χ1v) is 9.72. The van der Waals surface area contributed by atoms with Crippen LogP contribution in [0.1, 0.15) is 0 Å². The average Bonchev–Trinajstić information content (AvgIpc) is 2.77. The molecule has 0 amide bonds. The highest BCUT2D eigenvalue weighted by Crippen LogP contribution is 2.49. The minimum atomic E-state index is 1.28. The molecule has 0 spiro atoms. The first kappa shape index (κ1) is 15.4. The molecule has 6 rings (SSSR count). The second kappa shape index (κ2) is 5.94. The van der Waals surface area contributed by atoms with Crippen molar-refractivity contribution in [3.63, 3.8) is 0 Å². The molecule has 0 bridgehead atoms. The van der Waals surface area contributed by atoms with Crippen LogP contribution in [0.3, 0.4) is 0 Å². The molecule has 0 fully saturated rings. The summed E-state index contributed by atoms with van der Waals surface area (Å²) >= 11 is 0. The molecule has 5 aromatic rings. The summed E-state index contributed by atoms with van der Waals surface area (Å²) in [7, 11) is 0. The summed E-state index contributed by atoms with van der Waals surface area (Å²) in [6, 6.07) is 39.7. The number of hydrogen-bond acceptors (Lipinski definition) is 0. The molecular formula is C28H18. The second-order valence-electron chi connectivity index (χ2n) is 7.35. The van der Waals surface area contributed by atoms with Crippen molar-refractivity contribution in [2.75, 3.05) is 0 Å². The fourth-order valence-electron chi connectivity index (χ4n) is 4.63. The van der Waals surface area contributed by atoms with E-state index < -0.39 is 0 Å². The molecule has 0 heteroatoms. The molecule has 0 N–H and O–H groups in total. The Hall–Kier alpha value is -3.64. The van der Waals surface area contributed by atoms with Crippen LogP contribution in [0.4, 0.5) is 0 Å². The van der Waals surface area contributed by atoms with Crippen LogP contribution in [0.2, 0.25) is 0 Å². The summed E-state index contributed by atoms with van der Waals surface area (Å²) in [6.07, 6.45) is 0. The van der Waals surface area contributed by atoms with Gasteiger partial charge in [0.25, 0.3) is 0 Å². The molecular weight excluding hydrogens is 336 g/mol. The van der Waals surface area contributed by atoms with Gasteiger partial charge in [0.15, 0.2) is 0 Å². The Morgan fingerprint density at radius 1 is 0.286 bits per heavy atom. The van der Waals surface area contributed by atoms with Crippen LogP contribution in [-0.2, 0) is 0 Å². The summed E-state index contributed by atoms with van der Waals surface area (Å²) < 4.78 is 0. The molecule has 5 aromatic carbocycles. The molecule has 0 atom stereocenters. The predicted molar refractivity (Wildman–Crippen MR) is 119 cm³/mol. The maximum Gasteiger partial charge on any atom is -0.00204 e. The maximum atomic E-state index is 2.29. The monoisotopic (exact) mass is 354 g/mol. The van der Waals surface area contributed by atoms with Gasteiger partial charge in [-0.25, -0.2) is 0 Å². The lowest BCUT2D eigenvalue weighted by molar-refractivity contribution is 1.53. The van der Waals surface area contributed by atoms with E-state index in [1.807, 2.05) is 0 Å². The number of fused-ring (bicyclic) bond motifs is 10. The molecule has 0 aromatic heterocycles. The SMILES string of the molecule is c1ccc2c(c1)-c1ccccc1-c1ccc3ccccc3c1-c1ccccc1-2. The standard InChI is InChI=1S/C28H18/c1-2-10-20-19(9-1)17-18-27-25-15-6-5-13-23(25)21-11-3-4-12-22(21)24-14-7-8-16-26(24)28(20)27/h1-18H. The van der Waals surface area contributed by atoms with Gasteiger partial charge in [-0.05, 0) is 55.3 Å². The quantitative estimate of drug-likeness (QED) is 0.261. The molecule has 28 heavy (non-hydrogen) atoms. The Labute approximate surface area is 164 Å². The van der Waals surface area contributed by atoms with E-state index in [0.717, 1.165) is 0 Å². The molecule has 0 saturated heterocycles. The fraction of sp³-hybridized carbons (Fsp3) is 0. The Bertz CT molecular complexity index is 1350. The van der Waals surface area contributed by atoms with Gasteiger partial charge in [-0.3, -0.25) is 0 Å². The highest BCUT2D eigenvalue weighted by Gasteiger charge is 2.22. The highest BCUT2D eigenvalue weighted by atomic mass is 14.2. The van der Waals surface area contributed by atoms with Gasteiger partial charge >= 0.3 is 0 Å². The van der Waals surface area contributed by atoms with Gasteiger partial charge in [0.05, 0.1) is 0 Å². The minimum Gasteiger partial charge on any atom is -0.0616 e. The van der Waals surface area contributed by atoms with Gasteiger partial charge < -0.3 is 0 Å². The van der Waals surface area contributed by atoms with Gasteiger partial charge in [-0.1, -0.05) is 109 Å². The molecule has 1 aliphatic carbocycles. The van der Waals surface area contributed by atoms with Crippen molar-refractivity contribution in [2.24, 2.45) is 0 Å². The summed E-state index contributed by atoms with van der Waals surface area (Å²) in [5.74, 6) is 0. The number of rotatable bonds is 0. The summed E-state index contributed by atoms with van der Waals surface area (Å²) in [5.41, 5.74) is 10.4. The normalized spacial score (nSPS) is 11.6. The first-order valence-electron chi connectivity index (χ1n) is 9.72. The van der Waals surface area contributed by atoms with Crippen molar-refractivity contribution >= 4 is 10.8 Å². The van der Waals surface area contributed by atoms with Gasteiger partial charge in [-0.2, -0.15) is 0 Å². The molecule has 0 saturated carbocycles. The fourth-order valence-corrected chi connectivity index (χ4v) is 4.63. The third-order valence-electron chi connectivity index (χ3n) is 5.85. The lowest BCUT2D eigenvalue weighted by Crippen LogP contribution is -1.97. The zero-order chi connectivity index (χ0) is 18.5. The molecule has 0 heterocycles. The lowest BCUT2D eigenvalue weighted by Gasteiger charge is -2.24. The molecule has 1 aliphatic rings. The Kier molecular flexibility index (Phi) is 3.27. The van der Waals surface area contributed by atoms with Crippen molar-refractivity contribution < 1.29 is 0 Å². The minimum absolute atomic E-state index is 1.28. The zero-order valence-electron chi connectivity index (χ0n) is 15.4. The number of hydrogen-bond donors (Lipinski definition) is 0. The van der Waals surface area contributed by atoms with E-state index >= 15 is 0 Å². The predicted octanol–water partition coefficient (Wildman–Crippen LogP) is 7.82. The summed E-state index contributed by atoms with van der Waals surface area (Å²) in [5, 5.41) is 2.59. The first-order chi connectivity index (χ1) is 13.9. The molecule has 0 nitrogen and oxygen atoms in total. The van der Waals surface area contributed by atoms with Crippen molar-refractivity contribution in [1.29, 1.82) is 0 Å². The zero-order valence-corrected chi connectivity index (χ0v) is 15.4. The van der Waals surface area contributed by atoms with Gasteiger partial charge in [0, 0.05) is 0 Å². The molecule has 0 radical (unpaired) electrons. The number of benzene rings is 5. The lowest BCUT2D eigenvalue weighted by atomic mass is 9.79. The topological polar surface area (TPSA) is 0 Å². The maximum absolute atomic E-state index is 2.29. The van der Waals surface area contributed by atoms with E-state index in [4.69, 9.17) is 0 Å². The summed E-state index contributed by atoms with van der Waals surface area (Å²) in [4.78, 5) is 0. The smallest absolute Gasteiger partial charge is 0.00204 e. The third-order valence-corrected chi connectivity index (χ3v) is 5.85. The van der Waals surface area contributed by atoms with Crippen LogP contribution in [0.25, 0.3) is 55.3 Å². The van der Waals surface area contributed by atoms with Gasteiger partial charge in [0.2, 0.25) is 0 Å². The van der Waals surface area contributed by atoms with Crippen LogP contribution in [-0.4, -0.2) is 0 Å². The molecule has 0 aliphatic heterocycles. The van der Waals surface area contributed by atoms with Crippen molar-refractivity contribution in [1.82, 2.24) is 0 Å². The highest BCUT2D eigenvalue weighted by molar-refractivity contribution is 6.11. The third kappa shape index (κ3) is 2.12. The summed E-state index contributed by atoms with van der Waals surface area (Å²) in [6.45, 7) is 0. The van der Waals surface area contributed by atoms with Crippen LogP contribution in [0, 0.1) is 0 Å². The van der Waals surface area contributed by atoms with E-state index in [0.29, 0.717) is 0 Å². The molecule has 130 valence electrons. The van der Waals surface area contributed by atoms with Crippen LogP contribution < -0.4 is 0 Å².